The molecule has 0 saturated carbocycles. The van der Waals surface area contributed by atoms with E-state index < -0.39 is 5.25 Å². The molecule has 1 aromatic heterocycles. The Hall–Kier alpha value is -1.40. The molecule has 1 atom stereocenters. The van der Waals surface area contributed by atoms with Crippen LogP contribution in [0.4, 0.5) is 4.39 Å². The third-order valence-corrected chi connectivity index (χ3v) is 4.37. The van der Waals surface area contributed by atoms with Crippen molar-refractivity contribution in [2.24, 2.45) is 0 Å². The quantitative estimate of drug-likeness (QED) is 0.637. The summed E-state index contributed by atoms with van der Waals surface area (Å²) < 4.78 is 18.4. The van der Waals surface area contributed by atoms with Gasteiger partial charge in [0.1, 0.15) is 11.1 Å². The Morgan fingerprint density at radius 3 is 2.72 bits per heavy atom. The Balaban J connectivity index is 2.25. The first-order valence-corrected chi connectivity index (χ1v) is 6.86. The average Bonchev–Trinajstić information content (AvgIpc) is 2.89. The van der Waals surface area contributed by atoms with Crippen molar-refractivity contribution in [1.29, 1.82) is 0 Å². The lowest BCUT2D eigenvalue weighted by molar-refractivity contribution is -0.140. The number of hydrogen-bond donors (Lipinski definition) is 0. The molecule has 0 aliphatic heterocycles. The minimum absolute atomic E-state index is 0.332. The highest BCUT2D eigenvalue weighted by Crippen LogP contribution is 2.37. The van der Waals surface area contributed by atoms with Gasteiger partial charge < -0.3 is 4.74 Å². The van der Waals surface area contributed by atoms with Gasteiger partial charge >= 0.3 is 5.97 Å². The number of carbonyl (C=O) groups is 1. The van der Waals surface area contributed by atoms with Gasteiger partial charge in [0.15, 0.2) is 4.34 Å². The second-order valence-corrected chi connectivity index (χ2v) is 5.62. The molecule has 1 heterocycles. The van der Waals surface area contributed by atoms with E-state index in [9.17, 15) is 9.18 Å². The van der Waals surface area contributed by atoms with Gasteiger partial charge in [-0.1, -0.05) is 23.9 Å². The topological polar surface area (TPSA) is 39.2 Å². The van der Waals surface area contributed by atoms with Crippen molar-refractivity contribution in [2.75, 3.05) is 7.11 Å². The Morgan fingerprint density at radius 1 is 1.44 bits per heavy atom. The average molecular weight is 283 g/mol. The molecule has 18 heavy (non-hydrogen) atoms. The van der Waals surface area contributed by atoms with E-state index >= 15 is 0 Å². The zero-order valence-electron chi connectivity index (χ0n) is 9.50. The number of thioether (sulfide) groups is 1. The number of methoxy groups -OCH3 is 1. The predicted octanol–water partition coefficient (Wildman–Crippen LogP) is 3.29. The van der Waals surface area contributed by atoms with Crippen molar-refractivity contribution in [3.05, 3.63) is 47.2 Å². The Kier molecular flexibility index (Phi) is 4.33. The molecule has 1 aromatic carbocycles. The minimum Gasteiger partial charge on any atom is -0.468 e. The highest BCUT2D eigenvalue weighted by atomic mass is 32.2. The lowest BCUT2D eigenvalue weighted by Crippen LogP contribution is -2.11. The molecule has 0 fully saturated rings. The second kappa shape index (κ2) is 5.97. The number of ether oxygens (including phenoxy) is 1. The summed E-state index contributed by atoms with van der Waals surface area (Å²) in [5.41, 5.74) is 0.698. The second-order valence-electron chi connectivity index (χ2n) is 3.37. The maximum absolute atomic E-state index is 12.9. The summed E-state index contributed by atoms with van der Waals surface area (Å²) >= 11 is 2.74. The number of hydrogen-bond acceptors (Lipinski definition) is 5. The maximum Gasteiger partial charge on any atom is 0.323 e. The first-order valence-electron chi connectivity index (χ1n) is 5.10. The van der Waals surface area contributed by atoms with E-state index in [-0.39, 0.29) is 11.8 Å². The highest BCUT2D eigenvalue weighted by molar-refractivity contribution is 8.01. The Morgan fingerprint density at radius 2 is 2.17 bits per heavy atom. The minimum atomic E-state index is -0.526. The van der Waals surface area contributed by atoms with Crippen molar-refractivity contribution in [3.63, 3.8) is 0 Å². The number of halogens is 1. The van der Waals surface area contributed by atoms with Gasteiger partial charge in [0, 0.05) is 11.6 Å². The van der Waals surface area contributed by atoms with E-state index in [1.807, 2.05) is 5.38 Å². The maximum atomic E-state index is 12.9. The van der Waals surface area contributed by atoms with Crippen molar-refractivity contribution < 1.29 is 13.9 Å². The summed E-state index contributed by atoms with van der Waals surface area (Å²) in [5, 5.41) is 1.31. The predicted molar refractivity (Wildman–Crippen MR) is 69.1 cm³/mol. The van der Waals surface area contributed by atoms with Crippen LogP contribution in [-0.4, -0.2) is 18.1 Å². The van der Waals surface area contributed by atoms with Crippen LogP contribution >= 0.6 is 23.1 Å². The van der Waals surface area contributed by atoms with Crippen molar-refractivity contribution in [2.45, 2.75) is 9.59 Å². The highest BCUT2D eigenvalue weighted by Gasteiger charge is 2.23. The molecule has 6 heteroatoms. The van der Waals surface area contributed by atoms with Gasteiger partial charge in [0.25, 0.3) is 0 Å². The molecule has 0 N–H and O–H groups in total. The lowest BCUT2D eigenvalue weighted by atomic mass is 10.1. The van der Waals surface area contributed by atoms with E-state index in [1.54, 1.807) is 18.3 Å². The van der Waals surface area contributed by atoms with E-state index in [2.05, 4.69) is 4.98 Å². The van der Waals surface area contributed by atoms with Gasteiger partial charge in [0.05, 0.1) is 7.11 Å². The van der Waals surface area contributed by atoms with Crippen LogP contribution in [0.2, 0.25) is 0 Å². The molecule has 0 saturated heterocycles. The summed E-state index contributed by atoms with van der Waals surface area (Å²) in [5.74, 6) is -0.705. The lowest BCUT2D eigenvalue weighted by Gasteiger charge is -2.12. The molecule has 94 valence electrons. The first kappa shape index (κ1) is 13.0. The Bertz CT molecular complexity index is 513. The number of nitrogens with zero attached hydrogens (tertiary/aromatic N) is 1. The third-order valence-electron chi connectivity index (χ3n) is 2.22. The molecule has 0 radical (unpaired) electrons. The molecule has 0 aliphatic carbocycles. The van der Waals surface area contributed by atoms with E-state index in [0.29, 0.717) is 5.56 Å². The molecule has 0 amide bonds. The fourth-order valence-corrected chi connectivity index (χ4v) is 3.21. The number of benzene rings is 1. The van der Waals surface area contributed by atoms with Gasteiger partial charge in [-0.25, -0.2) is 9.37 Å². The molecule has 0 aliphatic rings. The van der Waals surface area contributed by atoms with Gasteiger partial charge in [-0.3, -0.25) is 4.79 Å². The Labute approximate surface area is 112 Å². The number of esters is 1. The van der Waals surface area contributed by atoms with Crippen LogP contribution in [0.15, 0.2) is 40.2 Å². The zero-order chi connectivity index (χ0) is 13.0. The largest absolute Gasteiger partial charge is 0.468 e. The molecule has 2 aromatic rings. The van der Waals surface area contributed by atoms with E-state index in [4.69, 9.17) is 4.74 Å². The fraction of sp³-hybridized carbons (Fsp3) is 0.167. The molecular formula is C12H10FNO2S2. The SMILES string of the molecule is COC(=O)[C@H](Sc1nccs1)c1ccc(F)cc1. The zero-order valence-corrected chi connectivity index (χ0v) is 11.1. The molecule has 0 spiro atoms. The molecule has 0 unspecified atom stereocenters. The summed E-state index contributed by atoms with van der Waals surface area (Å²) in [6.45, 7) is 0. The number of carbonyl (C=O) groups excluding carboxylic acids is 1. The van der Waals surface area contributed by atoms with Crippen LogP contribution < -0.4 is 0 Å². The van der Waals surface area contributed by atoms with Crippen LogP contribution in [-0.2, 0) is 9.53 Å². The standard InChI is InChI=1S/C12H10FNO2S2/c1-16-11(15)10(18-12-14-6-7-17-12)8-2-4-9(13)5-3-8/h2-7,10H,1H3/t10-/m1/s1. The van der Waals surface area contributed by atoms with E-state index in [1.165, 1.54) is 42.3 Å². The fourth-order valence-electron chi connectivity index (χ4n) is 1.37. The monoisotopic (exact) mass is 283 g/mol. The normalized spacial score (nSPS) is 12.1. The van der Waals surface area contributed by atoms with Crippen molar-refractivity contribution in [1.82, 2.24) is 4.98 Å². The third kappa shape index (κ3) is 3.08. The van der Waals surface area contributed by atoms with Gasteiger partial charge in [-0.15, -0.1) is 11.3 Å². The van der Waals surface area contributed by atoms with Gasteiger partial charge in [-0.2, -0.15) is 0 Å². The number of rotatable bonds is 4. The summed E-state index contributed by atoms with van der Waals surface area (Å²) in [4.78, 5) is 15.9. The van der Waals surface area contributed by atoms with Crippen molar-refractivity contribution >= 4 is 29.1 Å². The summed E-state index contributed by atoms with van der Waals surface area (Å²) in [6, 6.07) is 5.82. The van der Waals surface area contributed by atoms with Crippen LogP contribution in [0.5, 0.6) is 0 Å². The molecular weight excluding hydrogens is 273 g/mol. The summed E-state index contributed by atoms with van der Waals surface area (Å²) in [7, 11) is 1.33. The molecule has 3 nitrogen and oxygen atoms in total. The number of thiazole rings is 1. The smallest absolute Gasteiger partial charge is 0.323 e. The van der Waals surface area contributed by atoms with E-state index in [0.717, 1.165) is 4.34 Å². The molecule has 2 rings (SSSR count). The summed E-state index contributed by atoms with van der Waals surface area (Å²) in [6.07, 6.45) is 1.67. The molecule has 0 bridgehead atoms. The van der Waals surface area contributed by atoms with Gasteiger partial charge in [0.2, 0.25) is 0 Å². The number of aromatic nitrogens is 1. The van der Waals surface area contributed by atoms with Crippen LogP contribution in [0.1, 0.15) is 10.8 Å². The van der Waals surface area contributed by atoms with Crippen molar-refractivity contribution in [3.8, 4) is 0 Å². The van der Waals surface area contributed by atoms with Crippen LogP contribution in [0, 0.1) is 5.82 Å². The van der Waals surface area contributed by atoms with Crippen LogP contribution in [0.25, 0.3) is 0 Å². The first-order chi connectivity index (χ1) is 8.70. The van der Waals surface area contributed by atoms with Crippen LogP contribution in [0.3, 0.4) is 0 Å². The van der Waals surface area contributed by atoms with Gasteiger partial charge in [-0.05, 0) is 17.7 Å².